The van der Waals surface area contributed by atoms with Crippen molar-refractivity contribution in [2.45, 2.75) is 38.5 Å². The average molecular weight is 355 g/mol. The highest BCUT2D eigenvalue weighted by molar-refractivity contribution is 9.10. The first kappa shape index (κ1) is 14.5. The lowest BCUT2D eigenvalue weighted by atomic mass is 9.78. The van der Waals surface area contributed by atoms with Gasteiger partial charge in [0.15, 0.2) is 0 Å². The van der Waals surface area contributed by atoms with Gasteiger partial charge < -0.3 is 0 Å². The molecule has 0 spiro atoms. The summed E-state index contributed by atoms with van der Waals surface area (Å²) >= 11 is 3.74. The van der Waals surface area contributed by atoms with E-state index < -0.39 is 0 Å². The molecule has 0 aliphatic heterocycles. The van der Waals surface area contributed by atoms with Crippen LogP contribution in [0.5, 0.6) is 0 Å². The predicted molar refractivity (Wildman–Crippen MR) is 96.9 cm³/mol. The maximum Gasteiger partial charge on any atom is 0.0253 e. The van der Waals surface area contributed by atoms with Crippen LogP contribution in [0.2, 0.25) is 0 Å². The first-order valence-corrected chi connectivity index (χ1v) is 9.35. The van der Waals surface area contributed by atoms with E-state index in [1.54, 1.807) is 5.56 Å². The van der Waals surface area contributed by atoms with E-state index >= 15 is 0 Å². The third kappa shape index (κ3) is 2.54. The van der Waals surface area contributed by atoms with Gasteiger partial charge in [-0.1, -0.05) is 65.3 Å². The minimum atomic E-state index is 0.762. The molecule has 2 bridgehead atoms. The van der Waals surface area contributed by atoms with Gasteiger partial charge in [-0.25, -0.2) is 0 Å². The van der Waals surface area contributed by atoms with Gasteiger partial charge in [0.05, 0.1) is 0 Å². The molecule has 0 nitrogen and oxygen atoms in total. The molecular formula is C21H23Br. The molecule has 4 atom stereocenters. The monoisotopic (exact) mass is 354 g/mol. The van der Waals surface area contributed by atoms with Crippen molar-refractivity contribution in [2.75, 3.05) is 0 Å². The van der Waals surface area contributed by atoms with Gasteiger partial charge >= 0.3 is 0 Å². The number of hydrogen-bond donors (Lipinski definition) is 0. The lowest BCUT2D eigenvalue weighted by Gasteiger charge is -2.27. The Balaban J connectivity index is 1.76. The summed E-state index contributed by atoms with van der Waals surface area (Å²) in [6.45, 7) is 2.45. The molecule has 2 aliphatic carbocycles. The van der Waals surface area contributed by atoms with Gasteiger partial charge in [0, 0.05) is 4.47 Å². The van der Waals surface area contributed by atoms with Gasteiger partial charge in [-0.3, -0.25) is 0 Å². The lowest BCUT2D eigenvalue weighted by molar-refractivity contribution is 0.272. The topological polar surface area (TPSA) is 0 Å². The molecule has 4 rings (SSSR count). The van der Waals surface area contributed by atoms with Crippen molar-refractivity contribution in [3.63, 3.8) is 0 Å². The fourth-order valence-corrected chi connectivity index (χ4v) is 5.50. The molecule has 0 N–H and O–H groups in total. The van der Waals surface area contributed by atoms with Crippen LogP contribution in [0.25, 0.3) is 11.1 Å². The molecule has 2 aromatic carbocycles. The van der Waals surface area contributed by atoms with Gasteiger partial charge in [0.2, 0.25) is 0 Å². The first-order valence-electron chi connectivity index (χ1n) is 8.56. The number of hydrogen-bond acceptors (Lipinski definition) is 0. The molecule has 4 unspecified atom stereocenters. The van der Waals surface area contributed by atoms with Crippen LogP contribution < -0.4 is 0 Å². The van der Waals surface area contributed by atoms with E-state index in [1.807, 2.05) is 0 Å². The van der Waals surface area contributed by atoms with Crippen LogP contribution in [-0.2, 0) is 0 Å². The maximum absolute atomic E-state index is 3.74. The summed E-state index contributed by atoms with van der Waals surface area (Å²) in [7, 11) is 0. The van der Waals surface area contributed by atoms with Crippen molar-refractivity contribution in [2.24, 2.45) is 17.8 Å². The van der Waals surface area contributed by atoms with E-state index in [9.17, 15) is 0 Å². The summed E-state index contributed by atoms with van der Waals surface area (Å²) in [5, 5.41) is 0. The number of fused-ring (bicyclic) bond motifs is 2. The minimum absolute atomic E-state index is 0.762. The Hall–Kier alpha value is -1.08. The fourth-order valence-electron chi connectivity index (χ4n) is 5.00. The van der Waals surface area contributed by atoms with Crippen molar-refractivity contribution in [1.82, 2.24) is 0 Å². The second kappa shape index (κ2) is 5.85. The van der Waals surface area contributed by atoms with Gasteiger partial charge in [-0.2, -0.15) is 0 Å². The Morgan fingerprint density at radius 2 is 1.55 bits per heavy atom. The lowest BCUT2D eigenvalue weighted by Crippen LogP contribution is -2.15. The van der Waals surface area contributed by atoms with Crippen LogP contribution in [0.1, 0.15) is 44.1 Å². The Morgan fingerprint density at radius 1 is 0.818 bits per heavy atom. The first-order chi connectivity index (χ1) is 10.7. The van der Waals surface area contributed by atoms with Crippen molar-refractivity contribution in [1.29, 1.82) is 0 Å². The van der Waals surface area contributed by atoms with Gasteiger partial charge in [0.1, 0.15) is 0 Å². The van der Waals surface area contributed by atoms with Crippen molar-refractivity contribution in [3.8, 4) is 11.1 Å². The molecule has 22 heavy (non-hydrogen) atoms. The zero-order chi connectivity index (χ0) is 15.1. The zero-order valence-corrected chi connectivity index (χ0v) is 14.7. The van der Waals surface area contributed by atoms with Crippen LogP contribution >= 0.6 is 15.9 Å². The highest BCUT2D eigenvalue weighted by atomic mass is 79.9. The second-order valence-electron chi connectivity index (χ2n) is 7.35. The summed E-state index contributed by atoms with van der Waals surface area (Å²) in [5.41, 5.74) is 4.35. The zero-order valence-electron chi connectivity index (χ0n) is 13.1. The Kier molecular flexibility index (Phi) is 3.86. The van der Waals surface area contributed by atoms with E-state index in [0.29, 0.717) is 0 Å². The van der Waals surface area contributed by atoms with Crippen LogP contribution in [0, 0.1) is 17.8 Å². The van der Waals surface area contributed by atoms with Gasteiger partial charge in [-0.15, -0.1) is 0 Å². The molecule has 0 amide bonds. The normalized spacial score (nSPS) is 30.5. The number of rotatable bonds is 2. The smallest absolute Gasteiger partial charge is 0.0253 e. The highest BCUT2D eigenvalue weighted by Crippen LogP contribution is 2.53. The molecule has 0 aromatic heterocycles. The Morgan fingerprint density at radius 3 is 2.36 bits per heavy atom. The van der Waals surface area contributed by atoms with Crippen molar-refractivity contribution >= 4 is 15.9 Å². The van der Waals surface area contributed by atoms with Crippen molar-refractivity contribution < 1.29 is 0 Å². The predicted octanol–water partition coefficient (Wildman–Crippen LogP) is 6.66. The molecule has 2 aliphatic rings. The van der Waals surface area contributed by atoms with E-state index in [4.69, 9.17) is 0 Å². The minimum Gasteiger partial charge on any atom is -0.0625 e. The fraction of sp³-hybridized carbons (Fsp3) is 0.429. The maximum atomic E-state index is 3.74. The van der Waals surface area contributed by atoms with E-state index in [0.717, 1.165) is 23.7 Å². The molecule has 0 heterocycles. The standard InChI is InChI=1S/C21H23Br/c1-14-10-15-12-16(11-14)20(13-15)18-7-3-2-6-17(18)19-8-4-5-9-21(19)22/h2-9,14-16,20H,10-13H2,1H3. The molecule has 2 fully saturated rings. The average Bonchev–Trinajstić information content (AvgIpc) is 2.82. The molecule has 0 radical (unpaired) electrons. The van der Waals surface area contributed by atoms with Crippen molar-refractivity contribution in [3.05, 3.63) is 58.6 Å². The molecule has 114 valence electrons. The summed E-state index contributed by atoms with van der Waals surface area (Å²) in [6.07, 6.45) is 5.73. The number of halogens is 1. The summed E-state index contributed by atoms with van der Waals surface area (Å²) in [5.74, 6) is 3.55. The summed E-state index contributed by atoms with van der Waals surface area (Å²) in [4.78, 5) is 0. The highest BCUT2D eigenvalue weighted by Gasteiger charge is 2.40. The molecule has 2 saturated carbocycles. The largest absolute Gasteiger partial charge is 0.0625 e. The quantitative estimate of drug-likeness (QED) is 0.565. The summed E-state index contributed by atoms with van der Waals surface area (Å²) in [6, 6.07) is 17.7. The van der Waals surface area contributed by atoms with Crippen LogP contribution in [0.3, 0.4) is 0 Å². The third-order valence-corrected chi connectivity index (χ3v) is 6.45. The molecular weight excluding hydrogens is 332 g/mol. The Bertz CT molecular complexity index is 675. The SMILES string of the molecule is CC1CC2CC(C1)C(c1ccccc1-c1ccccc1Br)C2. The van der Waals surface area contributed by atoms with E-state index in [2.05, 4.69) is 71.4 Å². The molecule has 0 saturated heterocycles. The van der Waals surface area contributed by atoms with E-state index in [-0.39, 0.29) is 0 Å². The Labute approximate surface area is 142 Å². The number of benzene rings is 2. The summed E-state index contributed by atoms with van der Waals surface area (Å²) < 4.78 is 1.21. The third-order valence-electron chi connectivity index (χ3n) is 5.76. The van der Waals surface area contributed by atoms with Crippen LogP contribution in [0.15, 0.2) is 53.0 Å². The van der Waals surface area contributed by atoms with Gasteiger partial charge in [0.25, 0.3) is 0 Å². The van der Waals surface area contributed by atoms with Crippen LogP contribution in [0.4, 0.5) is 0 Å². The second-order valence-corrected chi connectivity index (χ2v) is 8.20. The molecule has 1 heteroatoms. The van der Waals surface area contributed by atoms with Crippen LogP contribution in [-0.4, -0.2) is 0 Å². The van der Waals surface area contributed by atoms with Gasteiger partial charge in [-0.05, 0) is 72.1 Å². The van der Waals surface area contributed by atoms with E-state index in [1.165, 1.54) is 41.3 Å². The molecule has 2 aromatic rings.